The Labute approximate surface area is 133 Å². The van der Waals surface area contributed by atoms with Gasteiger partial charge in [-0.1, -0.05) is 19.8 Å². The summed E-state index contributed by atoms with van der Waals surface area (Å²) >= 11 is 0. The lowest BCUT2D eigenvalue weighted by Gasteiger charge is -2.38. The van der Waals surface area contributed by atoms with E-state index in [2.05, 4.69) is 27.1 Å². The first-order valence-electron chi connectivity index (χ1n) is 8.66. The zero-order chi connectivity index (χ0) is 15.4. The number of anilines is 2. The van der Waals surface area contributed by atoms with E-state index in [1.807, 2.05) is 6.07 Å². The number of rotatable bonds is 4. The molecule has 0 aromatic carbocycles. The maximum Gasteiger partial charge on any atom is 0.134 e. The molecule has 1 aliphatic heterocycles. The van der Waals surface area contributed by atoms with Crippen LogP contribution in [0.2, 0.25) is 0 Å². The quantitative estimate of drug-likeness (QED) is 0.895. The molecule has 0 amide bonds. The van der Waals surface area contributed by atoms with E-state index in [-0.39, 0.29) is 11.5 Å². The summed E-state index contributed by atoms with van der Waals surface area (Å²) in [6.45, 7) is 5.13. The van der Waals surface area contributed by atoms with Crippen molar-refractivity contribution in [3.8, 4) is 0 Å². The Balaban J connectivity index is 1.62. The summed E-state index contributed by atoms with van der Waals surface area (Å²) in [6, 6.07) is 2.05. The van der Waals surface area contributed by atoms with Crippen LogP contribution in [0.25, 0.3) is 0 Å². The predicted molar refractivity (Wildman–Crippen MR) is 89.2 cm³/mol. The van der Waals surface area contributed by atoms with Crippen molar-refractivity contribution >= 4 is 11.6 Å². The van der Waals surface area contributed by atoms with Crippen molar-refractivity contribution in [1.29, 1.82) is 0 Å². The van der Waals surface area contributed by atoms with Gasteiger partial charge >= 0.3 is 0 Å². The number of nitrogens with one attached hydrogen (secondary N) is 1. The molecule has 2 fully saturated rings. The fourth-order valence-electron chi connectivity index (χ4n) is 3.62. The highest BCUT2D eigenvalue weighted by atomic mass is 16.3. The maximum absolute atomic E-state index is 10.3. The molecular formula is C17H28N4O. The van der Waals surface area contributed by atoms with Crippen molar-refractivity contribution in [3.05, 3.63) is 12.4 Å². The number of piperidine rings is 1. The van der Waals surface area contributed by atoms with Crippen LogP contribution in [0.5, 0.6) is 0 Å². The smallest absolute Gasteiger partial charge is 0.134 e. The second-order valence-corrected chi connectivity index (χ2v) is 7.08. The van der Waals surface area contributed by atoms with Crippen molar-refractivity contribution in [2.24, 2.45) is 5.41 Å². The largest absolute Gasteiger partial charge is 0.392 e. The van der Waals surface area contributed by atoms with Crippen molar-refractivity contribution in [1.82, 2.24) is 9.97 Å². The number of hydrogen-bond donors (Lipinski definition) is 2. The SMILES string of the molecule is CC1(CNc2cc(N3CCCCC3)ncn2)CCCCC1O. The number of aromatic nitrogens is 2. The third-order valence-electron chi connectivity index (χ3n) is 5.29. The molecule has 1 aliphatic carbocycles. The van der Waals surface area contributed by atoms with E-state index in [0.717, 1.165) is 50.5 Å². The first-order chi connectivity index (χ1) is 10.7. The van der Waals surface area contributed by atoms with E-state index in [1.54, 1.807) is 6.33 Å². The highest BCUT2D eigenvalue weighted by molar-refractivity contribution is 5.48. The third-order valence-corrected chi connectivity index (χ3v) is 5.29. The van der Waals surface area contributed by atoms with Crippen LogP contribution < -0.4 is 10.2 Å². The highest BCUT2D eigenvalue weighted by Crippen LogP contribution is 2.36. The Bertz CT molecular complexity index is 489. The molecule has 1 saturated carbocycles. The van der Waals surface area contributed by atoms with Crippen LogP contribution in [-0.2, 0) is 0 Å². The van der Waals surface area contributed by atoms with Gasteiger partial charge in [0.15, 0.2) is 0 Å². The molecule has 2 heterocycles. The number of hydrogen-bond acceptors (Lipinski definition) is 5. The molecule has 2 aliphatic rings. The van der Waals surface area contributed by atoms with Gasteiger partial charge in [0, 0.05) is 31.1 Å². The van der Waals surface area contributed by atoms with E-state index < -0.39 is 0 Å². The number of nitrogens with zero attached hydrogens (tertiary/aromatic N) is 3. The van der Waals surface area contributed by atoms with Gasteiger partial charge in [-0.3, -0.25) is 0 Å². The summed E-state index contributed by atoms with van der Waals surface area (Å²) in [5.41, 5.74) is -0.0471. The standard InChI is InChI=1S/C17H28N4O/c1-17(8-4-3-7-14(17)22)12-18-15-11-16(20-13-19-15)21-9-5-2-6-10-21/h11,13-14,22H,2-10,12H2,1H3,(H,18,19,20). The third kappa shape index (κ3) is 3.51. The molecular weight excluding hydrogens is 276 g/mol. The molecule has 5 heteroatoms. The minimum atomic E-state index is -0.211. The van der Waals surface area contributed by atoms with Crippen LogP contribution in [0.4, 0.5) is 11.6 Å². The molecule has 2 atom stereocenters. The molecule has 0 spiro atoms. The lowest BCUT2D eigenvalue weighted by molar-refractivity contribution is 0.00958. The summed E-state index contributed by atoms with van der Waals surface area (Å²) in [5.74, 6) is 1.89. The van der Waals surface area contributed by atoms with Crippen LogP contribution in [0.3, 0.4) is 0 Å². The summed E-state index contributed by atoms with van der Waals surface area (Å²) in [4.78, 5) is 11.1. The first kappa shape index (κ1) is 15.5. The van der Waals surface area contributed by atoms with E-state index in [1.165, 1.54) is 25.7 Å². The second kappa shape index (κ2) is 6.82. The lowest BCUT2D eigenvalue weighted by atomic mass is 9.73. The summed E-state index contributed by atoms with van der Waals surface area (Å²) in [6.07, 6.45) is 9.59. The molecule has 0 radical (unpaired) electrons. The van der Waals surface area contributed by atoms with E-state index in [0.29, 0.717) is 0 Å². The van der Waals surface area contributed by atoms with Crippen LogP contribution in [0.15, 0.2) is 12.4 Å². The Hall–Kier alpha value is -1.36. The predicted octanol–water partition coefficient (Wildman–Crippen LogP) is 2.82. The fraction of sp³-hybridized carbons (Fsp3) is 0.765. The average Bonchev–Trinajstić information content (AvgIpc) is 2.57. The van der Waals surface area contributed by atoms with Crippen molar-refractivity contribution in [3.63, 3.8) is 0 Å². The molecule has 2 unspecified atom stereocenters. The van der Waals surface area contributed by atoms with Gasteiger partial charge in [0.25, 0.3) is 0 Å². The molecule has 5 nitrogen and oxygen atoms in total. The molecule has 0 bridgehead atoms. The normalized spacial score (nSPS) is 29.4. The minimum absolute atomic E-state index is 0.0471. The van der Waals surface area contributed by atoms with E-state index in [9.17, 15) is 5.11 Å². The van der Waals surface area contributed by atoms with Crippen molar-refractivity contribution in [2.45, 2.75) is 58.0 Å². The molecule has 2 N–H and O–H groups in total. The molecule has 1 aromatic rings. The van der Waals surface area contributed by atoms with Gasteiger partial charge < -0.3 is 15.3 Å². The highest BCUT2D eigenvalue weighted by Gasteiger charge is 2.35. The van der Waals surface area contributed by atoms with Crippen molar-refractivity contribution in [2.75, 3.05) is 29.9 Å². The average molecular weight is 304 g/mol. The van der Waals surface area contributed by atoms with Crippen LogP contribution in [0, 0.1) is 5.41 Å². The van der Waals surface area contributed by atoms with Crippen molar-refractivity contribution < 1.29 is 5.11 Å². The lowest BCUT2D eigenvalue weighted by Crippen LogP contribution is -2.41. The van der Waals surface area contributed by atoms with Gasteiger partial charge in [0.05, 0.1) is 6.10 Å². The summed E-state index contributed by atoms with van der Waals surface area (Å²) < 4.78 is 0. The molecule has 3 rings (SSSR count). The Morgan fingerprint density at radius 2 is 2.05 bits per heavy atom. The molecule has 1 aromatic heterocycles. The van der Waals surface area contributed by atoms with Gasteiger partial charge in [0.2, 0.25) is 0 Å². The van der Waals surface area contributed by atoms with Gasteiger partial charge in [-0.05, 0) is 32.1 Å². The number of aliphatic hydroxyl groups is 1. The first-order valence-corrected chi connectivity index (χ1v) is 8.66. The summed E-state index contributed by atoms with van der Waals surface area (Å²) in [7, 11) is 0. The Morgan fingerprint density at radius 3 is 2.82 bits per heavy atom. The zero-order valence-corrected chi connectivity index (χ0v) is 13.6. The molecule has 1 saturated heterocycles. The van der Waals surface area contributed by atoms with Gasteiger partial charge in [-0.2, -0.15) is 0 Å². The van der Waals surface area contributed by atoms with Crippen LogP contribution in [-0.4, -0.2) is 40.8 Å². The van der Waals surface area contributed by atoms with Crippen LogP contribution >= 0.6 is 0 Å². The van der Waals surface area contributed by atoms with E-state index in [4.69, 9.17) is 0 Å². The number of aliphatic hydroxyl groups excluding tert-OH is 1. The summed E-state index contributed by atoms with van der Waals surface area (Å²) in [5, 5.41) is 13.7. The molecule has 22 heavy (non-hydrogen) atoms. The van der Waals surface area contributed by atoms with Gasteiger partial charge in [0.1, 0.15) is 18.0 Å². The monoisotopic (exact) mass is 304 g/mol. The Kier molecular flexibility index (Phi) is 4.81. The topological polar surface area (TPSA) is 61.3 Å². The molecule has 122 valence electrons. The van der Waals surface area contributed by atoms with E-state index >= 15 is 0 Å². The fourth-order valence-corrected chi connectivity index (χ4v) is 3.62. The van der Waals surface area contributed by atoms with Gasteiger partial charge in [-0.15, -0.1) is 0 Å². The van der Waals surface area contributed by atoms with Crippen LogP contribution in [0.1, 0.15) is 51.9 Å². The zero-order valence-electron chi connectivity index (χ0n) is 13.6. The van der Waals surface area contributed by atoms with Gasteiger partial charge in [-0.25, -0.2) is 9.97 Å². The maximum atomic E-state index is 10.3. The Morgan fingerprint density at radius 1 is 1.23 bits per heavy atom. The second-order valence-electron chi connectivity index (χ2n) is 7.08. The minimum Gasteiger partial charge on any atom is -0.392 e.